The predicted octanol–water partition coefficient (Wildman–Crippen LogP) is 4.10. The van der Waals surface area contributed by atoms with Crippen LogP contribution in [0.5, 0.6) is 0 Å². The van der Waals surface area contributed by atoms with E-state index in [1.807, 2.05) is 0 Å². The lowest BCUT2D eigenvalue weighted by Gasteiger charge is -2.25. The molecule has 3 atom stereocenters. The lowest BCUT2D eigenvalue weighted by atomic mass is 9.80. The average molecular weight is 168 g/mol. The maximum Gasteiger partial charge on any atom is -0.0358 e. The van der Waals surface area contributed by atoms with Crippen molar-refractivity contribution in [3.05, 3.63) is 0 Å². The van der Waals surface area contributed by atoms with Gasteiger partial charge in [-0.1, -0.05) is 47.0 Å². The second kappa shape index (κ2) is 4.30. The first-order chi connectivity index (χ1) is 5.66. The number of rotatable bonds is 3. The molecule has 1 aliphatic carbocycles. The van der Waals surface area contributed by atoms with Gasteiger partial charge in [-0.05, 0) is 30.1 Å². The van der Waals surface area contributed by atoms with Gasteiger partial charge >= 0.3 is 0 Å². The van der Waals surface area contributed by atoms with Crippen molar-refractivity contribution in [2.24, 2.45) is 23.7 Å². The summed E-state index contributed by atoms with van der Waals surface area (Å²) < 4.78 is 0. The van der Waals surface area contributed by atoms with Gasteiger partial charge in [-0.3, -0.25) is 0 Å². The van der Waals surface area contributed by atoms with Crippen LogP contribution in [0.4, 0.5) is 0 Å². The minimum absolute atomic E-state index is 0.909. The van der Waals surface area contributed by atoms with Crippen LogP contribution in [0.2, 0.25) is 0 Å². The molecule has 1 aliphatic rings. The molecule has 1 saturated carbocycles. The van der Waals surface area contributed by atoms with Crippen molar-refractivity contribution in [2.75, 3.05) is 0 Å². The van der Waals surface area contributed by atoms with Gasteiger partial charge in [-0.2, -0.15) is 0 Å². The van der Waals surface area contributed by atoms with Gasteiger partial charge in [0.15, 0.2) is 0 Å². The molecule has 1 rings (SSSR count). The van der Waals surface area contributed by atoms with Crippen molar-refractivity contribution in [3.8, 4) is 0 Å². The standard InChI is InChI=1S/C12H24/c1-5-6-12-10(4)7-8-11(12)9(2)3/h9-12H,5-8H2,1-4H3. The van der Waals surface area contributed by atoms with Gasteiger partial charge in [0.05, 0.1) is 0 Å². The van der Waals surface area contributed by atoms with Crippen LogP contribution in [0.1, 0.15) is 53.4 Å². The van der Waals surface area contributed by atoms with Crippen LogP contribution in [0.15, 0.2) is 0 Å². The molecule has 0 aliphatic heterocycles. The van der Waals surface area contributed by atoms with Crippen molar-refractivity contribution < 1.29 is 0 Å². The molecule has 0 saturated heterocycles. The minimum Gasteiger partial charge on any atom is -0.0654 e. The summed E-state index contributed by atoms with van der Waals surface area (Å²) in [5, 5.41) is 0. The lowest BCUT2D eigenvalue weighted by Crippen LogP contribution is -2.17. The second-order valence-corrected chi connectivity index (χ2v) is 4.92. The third-order valence-electron chi connectivity index (χ3n) is 3.71. The fourth-order valence-corrected chi connectivity index (χ4v) is 2.97. The van der Waals surface area contributed by atoms with Crippen molar-refractivity contribution >= 4 is 0 Å². The SMILES string of the molecule is CCCC1C(C)CCC1C(C)C. The fourth-order valence-electron chi connectivity index (χ4n) is 2.97. The predicted molar refractivity (Wildman–Crippen MR) is 55.1 cm³/mol. The number of hydrogen-bond donors (Lipinski definition) is 0. The zero-order valence-electron chi connectivity index (χ0n) is 9.14. The Kier molecular flexibility index (Phi) is 3.61. The van der Waals surface area contributed by atoms with E-state index in [-0.39, 0.29) is 0 Å². The van der Waals surface area contributed by atoms with Crippen LogP contribution in [0, 0.1) is 23.7 Å². The molecule has 0 spiro atoms. The van der Waals surface area contributed by atoms with Gasteiger partial charge in [0.25, 0.3) is 0 Å². The monoisotopic (exact) mass is 168 g/mol. The van der Waals surface area contributed by atoms with E-state index in [2.05, 4.69) is 27.7 Å². The molecule has 0 aromatic carbocycles. The van der Waals surface area contributed by atoms with E-state index >= 15 is 0 Å². The van der Waals surface area contributed by atoms with Gasteiger partial charge in [0.2, 0.25) is 0 Å². The average Bonchev–Trinajstić information content (AvgIpc) is 2.34. The molecule has 0 aromatic heterocycles. The summed E-state index contributed by atoms with van der Waals surface area (Å²) in [4.78, 5) is 0. The van der Waals surface area contributed by atoms with Gasteiger partial charge < -0.3 is 0 Å². The normalized spacial score (nSPS) is 36.2. The Morgan fingerprint density at radius 1 is 1.25 bits per heavy atom. The largest absolute Gasteiger partial charge is 0.0654 e. The summed E-state index contributed by atoms with van der Waals surface area (Å²) in [6, 6.07) is 0. The highest BCUT2D eigenvalue weighted by atomic mass is 14.4. The zero-order chi connectivity index (χ0) is 9.14. The maximum atomic E-state index is 2.45. The van der Waals surface area contributed by atoms with E-state index in [9.17, 15) is 0 Å². The molecular weight excluding hydrogens is 144 g/mol. The Labute approximate surface area is 77.7 Å². The van der Waals surface area contributed by atoms with E-state index in [4.69, 9.17) is 0 Å². The zero-order valence-corrected chi connectivity index (χ0v) is 9.14. The van der Waals surface area contributed by atoms with Crippen LogP contribution >= 0.6 is 0 Å². The number of hydrogen-bond acceptors (Lipinski definition) is 0. The highest BCUT2D eigenvalue weighted by molar-refractivity contribution is 4.83. The Morgan fingerprint density at radius 3 is 2.42 bits per heavy atom. The summed E-state index contributed by atoms with van der Waals surface area (Å²) in [7, 11) is 0. The minimum atomic E-state index is 0.909. The van der Waals surface area contributed by atoms with Crippen LogP contribution in [0.3, 0.4) is 0 Å². The topological polar surface area (TPSA) is 0 Å². The third kappa shape index (κ3) is 2.02. The van der Waals surface area contributed by atoms with Crippen molar-refractivity contribution in [1.29, 1.82) is 0 Å². The molecular formula is C12H24. The molecule has 0 bridgehead atoms. The summed E-state index contributed by atoms with van der Waals surface area (Å²) >= 11 is 0. The Bertz CT molecular complexity index is 126. The molecule has 0 nitrogen and oxygen atoms in total. The first-order valence-electron chi connectivity index (χ1n) is 5.66. The Hall–Kier alpha value is 0. The lowest BCUT2D eigenvalue weighted by molar-refractivity contribution is 0.244. The highest BCUT2D eigenvalue weighted by Gasteiger charge is 2.33. The molecule has 0 radical (unpaired) electrons. The first kappa shape index (κ1) is 10.1. The third-order valence-corrected chi connectivity index (χ3v) is 3.71. The quantitative estimate of drug-likeness (QED) is 0.595. The van der Waals surface area contributed by atoms with Gasteiger partial charge in [-0.15, -0.1) is 0 Å². The smallest absolute Gasteiger partial charge is 0.0358 e. The van der Waals surface area contributed by atoms with Crippen LogP contribution in [-0.4, -0.2) is 0 Å². The first-order valence-corrected chi connectivity index (χ1v) is 5.66. The molecule has 0 amide bonds. The highest BCUT2D eigenvalue weighted by Crippen LogP contribution is 2.43. The molecule has 1 fully saturated rings. The van der Waals surface area contributed by atoms with Crippen molar-refractivity contribution in [3.63, 3.8) is 0 Å². The molecule has 12 heavy (non-hydrogen) atoms. The fraction of sp³-hybridized carbons (Fsp3) is 1.00. The summed E-state index contributed by atoms with van der Waals surface area (Å²) in [5.74, 6) is 3.97. The molecule has 3 unspecified atom stereocenters. The van der Waals surface area contributed by atoms with E-state index < -0.39 is 0 Å². The molecule has 0 heterocycles. The second-order valence-electron chi connectivity index (χ2n) is 4.92. The van der Waals surface area contributed by atoms with Crippen molar-refractivity contribution in [1.82, 2.24) is 0 Å². The summed E-state index contributed by atoms with van der Waals surface area (Å²) in [6.07, 6.45) is 5.80. The van der Waals surface area contributed by atoms with Crippen molar-refractivity contribution in [2.45, 2.75) is 53.4 Å². The van der Waals surface area contributed by atoms with Gasteiger partial charge in [0.1, 0.15) is 0 Å². The van der Waals surface area contributed by atoms with Crippen LogP contribution in [0.25, 0.3) is 0 Å². The molecule has 0 N–H and O–H groups in total. The molecule has 0 heteroatoms. The van der Waals surface area contributed by atoms with Crippen LogP contribution < -0.4 is 0 Å². The van der Waals surface area contributed by atoms with Gasteiger partial charge in [0, 0.05) is 0 Å². The Morgan fingerprint density at radius 2 is 1.92 bits per heavy atom. The molecule has 0 aromatic rings. The van der Waals surface area contributed by atoms with Crippen LogP contribution in [-0.2, 0) is 0 Å². The maximum absolute atomic E-state index is 2.45. The summed E-state index contributed by atoms with van der Waals surface area (Å²) in [5.41, 5.74) is 0. The Balaban J connectivity index is 2.51. The van der Waals surface area contributed by atoms with E-state index in [1.54, 1.807) is 0 Å². The van der Waals surface area contributed by atoms with Gasteiger partial charge in [-0.25, -0.2) is 0 Å². The summed E-state index contributed by atoms with van der Waals surface area (Å²) in [6.45, 7) is 9.56. The van der Waals surface area contributed by atoms with E-state index in [0.29, 0.717) is 0 Å². The van der Waals surface area contributed by atoms with E-state index in [0.717, 1.165) is 23.7 Å². The molecule has 72 valence electrons. The van der Waals surface area contributed by atoms with E-state index in [1.165, 1.54) is 25.7 Å².